The molecule has 2 aliphatic rings. The lowest BCUT2D eigenvalue weighted by Gasteiger charge is -2.24. The van der Waals surface area contributed by atoms with Crippen LogP contribution in [0.4, 0.5) is 5.82 Å². The highest BCUT2D eigenvalue weighted by molar-refractivity contribution is 7.98. The van der Waals surface area contributed by atoms with E-state index < -0.39 is 5.92 Å². The number of carbonyl (C=O) groups excluding carboxylic acids is 1. The molecule has 0 aliphatic carbocycles. The van der Waals surface area contributed by atoms with Gasteiger partial charge in [-0.25, -0.2) is 4.98 Å². The second-order valence-corrected chi connectivity index (χ2v) is 8.23. The summed E-state index contributed by atoms with van der Waals surface area (Å²) in [5.74, 6) is 1.72. The SMILES string of the molecule is Cc1ccccc1CSc1nc2c(c(=O)[nH]1)[C@H](c1ccc3c(c1)OCO3)CC(=O)N2. The molecule has 0 radical (unpaired) electrons. The number of aryl methyl sites for hydroxylation is 1. The number of hydrogen-bond acceptors (Lipinski definition) is 6. The molecule has 3 aromatic rings. The Kier molecular flexibility index (Phi) is 4.71. The fourth-order valence-electron chi connectivity index (χ4n) is 3.75. The summed E-state index contributed by atoms with van der Waals surface area (Å²) in [4.78, 5) is 32.8. The molecule has 0 spiro atoms. The van der Waals surface area contributed by atoms with E-state index in [1.165, 1.54) is 22.9 Å². The summed E-state index contributed by atoms with van der Waals surface area (Å²) in [5, 5.41) is 3.24. The van der Waals surface area contributed by atoms with Gasteiger partial charge in [-0.05, 0) is 35.7 Å². The van der Waals surface area contributed by atoms with Crippen LogP contribution in [0.5, 0.6) is 11.5 Å². The van der Waals surface area contributed by atoms with Gasteiger partial charge in [0.1, 0.15) is 5.82 Å². The Hall–Kier alpha value is -3.26. The van der Waals surface area contributed by atoms with Gasteiger partial charge in [0, 0.05) is 18.1 Å². The molecule has 1 amide bonds. The second-order valence-electron chi connectivity index (χ2n) is 7.27. The zero-order chi connectivity index (χ0) is 20.7. The first-order valence-electron chi connectivity index (χ1n) is 9.59. The van der Waals surface area contributed by atoms with Crippen LogP contribution in [0.1, 0.15) is 34.6 Å². The van der Waals surface area contributed by atoms with Gasteiger partial charge < -0.3 is 19.8 Å². The minimum Gasteiger partial charge on any atom is -0.454 e. The molecule has 0 saturated heterocycles. The summed E-state index contributed by atoms with van der Waals surface area (Å²) in [6.07, 6.45) is 0.174. The van der Waals surface area contributed by atoms with E-state index in [1.807, 2.05) is 24.3 Å². The molecule has 0 bridgehead atoms. The molecule has 7 nitrogen and oxygen atoms in total. The number of nitrogens with one attached hydrogen (secondary N) is 2. The van der Waals surface area contributed by atoms with E-state index in [0.717, 1.165) is 5.56 Å². The third-order valence-electron chi connectivity index (χ3n) is 5.35. The summed E-state index contributed by atoms with van der Waals surface area (Å²) in [6, 6.07) is 13.6. The van der Waals surface area contributed by atoms with Crippen molar-refractivity contribution in [3.8, 4) is 11.5 Å². The third-order valence-corrected chi connectivity index (χ3v) is 6.28. The van der Waals surface area contributed by atoms with Crippen molar-refractivity contribution in [3.05, 3.63) is 75.1 Å². The number of aromatic nitrogens is 2. The van der Waals surface area contributed by atoms with Gasteiger partial charge in [0.2, 0.25) is 12.7 Å². The van der Waals surface area contributed by atoms with E-state index in [0.29, 0.717) is 33.8 Å². The molecule has 0 saturated carbocycles. The van der Waals surface area contributed by atoms with Crippen LogP contribution >= 0.6 is 11.8 Å². The van der Waals surface area contributed by atoms with Crippen LogP contribution in [0.3, 0.4) is 0 Å². The Bertz CT molecular complexity index is 1210. The number of fused-ring (bicyclic) bond motifs is 2. The van der Waals surface area contributed by atoms with Crippen LogP contribution in [0.2, 0.25) is 0 Å². The van der Waals surface area contributed by atoms with Crippen LogP contribution in [0.25, 0.3) is 0 Å². The number of hydrogen-bond donors (Lipinski definition) is 2. The average Bonchev–Trinajstić information content (AvgIpc) is 3.20. The molecule has 2 aromatic carbocycles. The molecule has 2 aliphatic heterocycles. The largest absolute Gasteiger partial charge is 0.454 e. The zero-order valence-corrected chi connectivity index (χ0v) is 17.0. The minimum atomic E-state index is -0.394. The third kappa shape index (κ3) is 3.43. The van der Waals surface area contributed by atoms with Crippen molar-refractivity contribution >= 4 is 23.5 Å². The Balaban J connectivity index is 1.47. The summed E-state index contributed by atoms with van der Waals surface area (Å²) in [6.45, 7) is 2.22. The summed E-state index contributed by atoms with van der Waals surface area (Å²) in [7, 11) is 0. The smallest absolute Gasteiger partial charge is 0.257 e. The van der Waals surface area contributed by atoms with Gasteiger partial charge in [0.15, 0.2) is 16.7 Å². The molecular formula is C22H19N3O4S. The molecule has 1 aromatic heterocycles. The number of thioether (sulfide) groups is 1. The topological polar surface area (TPSA) is 93.3 Å². The molecule has 5 rings (SSSR count). The maximum Gasteiger partial charge on any atom is 0.257 e. The van der Waals surface area contributed by atoms with Crippen molar-refractivity contribution in [2.45, 2.75) is 30.2 Å². The van der Waals surface area contributed by atoms with Crippen molar-refractivity contribution in [1.29, 1.82) is 0 Å². The van der Waals surface area contributed by atoms with Crippen molar-refractivity contribution in [3.63, 3.8) is 0 Å². The van der Waals surface area contributed by atoms with Crippen LogP contribution in [0.15, 0.2) is 52.4 Å². The van der Waals surface area contributed by atoms with Gasteiger partial charge in [0.05, 0.1) is 5.56 Å². The van der Waals surface area contributed by atoms with E-state index in [-0.39, 0.29) is 24.7 Å². The molecule has 0 fully saturated rings. The van der Waals surface area contributed by atoms with Gasteiger partial charge in [-0.2, -0.15) is 0 Å². The molecule has 1 atom stereocenters. The van der Waals surface area contributed by atoms with Crippen LogP contribution < -0.4 is 20.3 Å². The van der Waals surface area contributed by atoms with E-state index in [2.05, 4.69) is 34.3 Å². The zero-order valence-electron chi connectivity index (χ0n) is 16.2. The normalized spacial score (nSPS) is 16.8. The van der Waals surface area contributed by atoms with Crippen molar-refractivity contribution < 1.29 is 14.3 Å². The van der Waals surface area contributed by atoms with Crippen LogP contribution in [-0.4, -0.2) is 22.7 Å². The molecule has 0 unspecified atom stereocenters. The first-order valence-corrected chi connectivity index (χ1v) is 10.6. The quantitative estimate of drug-likeness (QED) is 0.494. The lowest BCUT2D eigenvalue weighted by atomic mass is 9.86. The maximum atomic E-state index is 13.0. The maximum absolute atomic E-state index is 13.0. The number of carbonyl (C=O) groups is 1. The molecule has 2 N–H and O–H groups in total. The number of nitrogens with zero attached hydrogens (tertiary/aromatic N) is 1. The lowest BCUT2D eigenvalue weighted by Crippen LogP contribution is -2.31. The van der Waals surface area contributed by atoms with Crippen LogP contribution in [-0.2, 0) is 10.5 Å². The first kappa shape index (κ1) is 18.7. The van der Waals surface area contributed by atoms with E-state index in [4.69, 9.17) is 9.47 Å². The van der Waals surface area contributed by atoms with Crippen molar-refractivity contribution in [2.24, 2.45) is 0 Å². The summed E-state index contributed by atoms with van der Waals surface area (Å²) >= 11 is 1.43. The number of benzene rings is 2. The predicted octanol–water partition coefficient (Wildman–Crippen LogP) is 3.57. The second kappa shape index (κ2) is 7.53. The number of amides is 1. The van der Waals surface area contributed by atoms with Gasteiger partial charge in [-0.15, -0.1) is 0 Å². The van der Waals surface area contributed by atoms with Crippen molar-refractivity contribution in [1.82, 2.24) is 9.97 Å². The number of ether oxygens (including phenoxy) is 2. The van der Waals surface area contributed by atoms with Gasteiger partial charge in [0.25, 0.3) is 5.56 Å². The Labute approximate surface area is 176 Å². The minimum absolute atomic E-state index is 0.168. The molecule has 8 heteroatoms. The lowest BCUT2D eigenvalue weighted by molar-refractivity contribution is -0.116. The Morgan fingerprint density at radius 3 is 2.83 bits per heavy atom. The summed E-state index contributed by atoms with van der Waals surface area (Å²) < 4.78 is 10.8. The molecule has 30 heavy (non-hydrogen) atoms. The Morgan fingerprint density at radius 2 is 1.97 bits per heavy atom. The number of anilines is 1. The van der Waals surface area contributed by atoms with Crippen molar-refractivity contribution in [2.75, 3.05) is 12.1 Å². The Morgan fingerprint density at radius 1 is 1.13 bits per heavy atom. The first-order chi connectivity index (χ1) is 14.6. The summed E-state index contributed by atoms with van der Waals surface area (Å²) in [5.41, 5.74) is 3.40. The predicted molar refractivity (Wildman–Crippen MR) is 113 cm³/mol. The molecular weight excluding hydrogens is 402 g/mol. The highest BCUT2D eigenvalue weighted by Crippen LogP contribution is 2.40. The number of H-pyrrole nitrogens is 1. The number of aromatic amines is 1. The molecule has 3 heterocycles. The van der Waals surface area contributed by atoms with E-state index in [1.54, 1.807) is 6.07 Å². The standard InChI is InChI=1S/C22H19N3O4S/c1-12-4-2-3-5-14(12)10-30-22-24-20-19(21(27)25-22)15(9-18(26)23-20)13-6-7-16-17(8-13)29-11-28-16/h2-8,15H,9-11H2,1H3,(H2,23,24,25,26,27)/t15-/m0/s1. The van der Waals surface area contributed by atoms with Gasteiger partial charge in [-0.1, -0.05) is 42.1 Å². The van der Waals surface area contributed by atoms with E-state index >= 15 is 0 Å². The van der Waals surface area contributed by atoms with Gasteiger partial charge in [-0.3, -0.25) is 9.59 Å². The van der Waals surface area contributed by atoms with Crippen LogP contribution in [0, 0.1) is 6.92 Å². The molecule has 152 valence electrons. The fourth-order valence-corrected chi connectivity index (χ4v) is 4.69. The fraction of sp³-hybridized carbons (Fsp3) is 0.227. The highest BCUT2D eigenvalue weighted by atomic mass is 32.2. The monoisotopic (exact) mass is 421 g/mol. The number of rotatable bonds is 4. The highest BCUT2D eigenvalue weighted by Gasteiger charge is 2.32. The van der Waals surface area contributed by atoms with E-state index in [9.17, 15) is 9.59 Å². The average molecular weight is 421 g/mol. The van der Waals surface area contributed by atoms with Gasteiger partial charge >= 0.3 is 0 Å².